The quantitative estimate of drug-likeness (QED) is 0.916. The Labute approximate surface area is 113 Å². The Bertz CT molecular complexity index is 637. The van der Waals surface area contributed by atoms with Crippen molar-refractivity contribution in [2.24, 2.45) is 0 Å². The first-order chi connectivity index (χ1) is 8.79. The number of carboxylic acids is 1. The number of carbonyl (C=O) groups is 1. The summed E-state index contributed by atoms with van der Waals surface area (Å²) in [7, 11) is 0. The van der Waals surface area contributed by atoms with Gasteiger partial charge < -0.3 is 5.11 Å². The fourth-order valence-corrected chi connectivity index (χ4v) is 1.98. The number of alkyl halides is 3. The number of nitrogens with zero attached hydrogens (tertiary/aromatic N) is 2. The number of aromatic carboxylic acids is 1. The van der Waals surface area contributed by atoms with Crippen molar-refractivity contribution < 1.29 is 23.1 Å². The zero-order chi connectivity index (χ0) is 14.2. The first-order valence-corrected chi connectivity index (χ1v) is 5.74. The molecule has 19 heavy (non-hydrogen) atoms. The van der Waals surface area contributed by atoms with Crippen LogP contribution >= 0.6 is 15.9 Å². The summed E-state index contributed by atoms with van der Waals surface area (Å²) >= 11 is 3.05. The van der Waals surface area contributed by atoms with Gasteiger partial charge in [-0.3, -0.25) is 0 Å². The van der Waals surface area contributed by atoms with Gasteiger partial charge in [0.1, 0.15) is 0 Å². The summed E-state index contributed by atoms with van der Waals surface area (Å²) in [5, 5.41) is 12.2. The molecule has 0 aliphatic carbocycles. The molecule has 0 bridgehead atoms. The van der Waals surface area contributed by atoms with Gasteiger partial charge in [0.15, 0.2) is 5.69 Å². The maximum absolute atomic E-state index is 12.4. The number of rotatable bonds is 2. The minimum Gasteiger partial charge on any atom is -0.478 e. The molecule has 1 N–H and O–H groups in total. The third-order valence-corrected chi connectivity index (χ3v) is 2.98. The molecule has 1 heterocycles. The number of benzene rings is 1. The highest BCUT2D eigenvalue weighted by Crippen LogP contribution is 2.28. The van der Waals surface area contributed by atoms with Gasteiger partial charge in [-0.05, 0) is 40.2 Å². The van der Waals surface area contributed by atoms with E-state index >= 15 is 0 Å². The van der Waals surface area contributed by atoms with Gasteiger partial charge in [-0.15, -0.1) is 0 Å². The predicted octanol–water partition coefficient (Wildman–Crippen LogP) is 3.35. The molecule has 0 aliphatic heterocycles. The van der Waals surface area contributed by atoms with E-state index in [0.29, 0.717) is 5.69 Å². The van der Waals surface area contributed by atoms with Crippen LogP contribution < -0.4 is 0 Å². The molecule has 0 aliphatic rings. The van der Waals surface area contributed by atoms with Crippen molar-refractivity contribution in [2.45, 2.75) is 6.18 Å². The summed E-state index contributed by atoms with van der Waals surface area (Å²) in [5.74, 6) is -1.13. The van der Waals surface area contributed by atoms with E-state index in [1.165, 1.54) is 18.2 Å². The first-order valence-electron chi connectivity index (χ1n) is 4.95. The normalized spacial score (nSPS) is 11.6. The molecular weight excluding hydrogens is 329 g/mol. The second-order valence-corrected chi connectivity index (χ2v) is 4.47. The Morgan fingerprint density at radius 1 is 1.32 bits per heavy atom. The highest BCUT2D eigenvalue weighted by atomic mass is 79.9. The molecule has 0 spiro atoms. The van der Waals surface area contributed by atoms with Crippen LogP contribution in [0.25, 0.3) is 5.69 Å². The first kappa shape index (κ1) is 13.6. The summed E-state index contributed by atoms with van der Waals surface area (Å²) in [6.45, 7) is 0. The van der Waals surface area contributed by atoms with E-state index in [2.05, 4.69) is 21.0 Å². The lowest BCUT2D eigenvalue weighted by atomic mass is 10.2. The molecule has 1 aromatic carbocycles. The number of hydrogen-bond donors (Lipinski definition) is 1. The summed E-state index contributed by atoms with van der Waals surface area (Å²) < 4.78 is 38.5. The maximum Gasteiger partial charge on any atom is 0.435 e. The molecule has 0 radical (unpaired) electrons. The van der Waals surface area contributed by atoms with Crippen LogP contribution in [0.3, 0.4) is 0 Å². The summed E-state index contributed by atoms with van der Waals surface area (Å²) in [4.78, 5) is 10.8. The lowest BCUT2D eigenvalue weighted by Gasteiger charge is -2.05. The summed E-state index contributed by atoms with van der Waals surface area (Å²) in [6, 6.07) is 4.90. The zero-order valence-corrected chi connectivity index (χ0v) is 10.7. The topological polar surface area (TPSA) is 55.1 Å². The lowest BCUT2D eigenvalue weighted by molar-refractivity contribution is -0.141. The summed E-state index contributed by atoms with van der Waals surface area (Å²) in [6.07, 6.45) is -3.35. The Hall–Kier alpha value is -1.83. The van der Waals surface area contributed by atoms with E-state index in [0.717, 1.165) is 16.9 Å². The molecule has 2 aromatic rings. The van der Waals surface area contributed by atoms with Gasteiger partial charge in [0, 0.05) is 10.7 Å². The third kappa shape index (κ3) is 2.78. The Morgan fingerprint density at radius 3 is 2.47 bits per heavy atom. The van der Waals surface area contributed by atoms with Crippen LogP contribution in [0.1, 0.15) is 16.1 Å². The number of hydrogen-bond acceptors (Lipinski definition) is 2. The van der Waals surface area contributed by atoms with Crippen molar-refractivity contribution in [3.05, 3.63) is 46.2 Å². The Morgan fingerprint density at radius 2 is 2.00 bits per heavy atom. The zero-order valence-electron chi connectivity index (χ0n) is 9.15. The minimum atomic E-state index is -4.51. The monoisotopic (exact) mass is 334 g/mol. The molecule has 8 heteroatoms. The average molecular weight is 335 g/mol. The van der Waals surface area contributed by atoms with Crippen molar-refractivity contribution in [3.8, 4) is 5.69 Å². The van der Waals surface area contributed by atoms with E-state index in [9.17, 15) is 18.0 Å². The molecule has 0 fully saturated rings. The summed E-state index contributed by atoms with van der Waals surface area (Å²) in [5.41, 5.74) is -0.662. The fourth-order valence-electron chi connectivity index (χ4n) is 1.44. The van der Waals surface area contributed by atoms with Crippen molar-refractivity contribution in [2.75, 3.05) is 0 Å². The SMILES string of the molecule is O=C(O)c1ccc(-n2ccc(C(F)(F)F)n2)cc1Br. The van der Waals surface area contributed by atoms with Gasteiger partial charge in [-0.2, -0.15) is 18.3 Å². The Kier molecular flexibility index (Phi) is 3.36. The average Bonchev–Trinajstić information content (AvgIpc) is 2.76. The number of aromatic nitrogens is 2. The standard InChI is InChI=1S/C11H6BrF3N2O2/c12-8-5-6(1-2-7(8)10(18)19)17-4-3-9(16-17)11(13,14)15/h1-5H,(H,18,19). The van der Waals surface area contributed by atoms with Crippen LogP contribution in [0.4, 0.5) is 13.2 Å². The van der Waals surface area contributed by atoms with Crippen molar-refractivity contribution in [3.63, 3.8) is 0 Å². The smallest absolute Gasteiger partial charge is 0.435 e. The van der Waals surface area contributed by atoms with Gasteiger partial charge in [-0.1, -0.05) is 0 Å². The molecule has 2 rings (SSSR count). The third-order valence-electron chi connectivity index (χ3n) is 2.33. The van der Waals surface area contributed by atoms with E-state index in [4.69, 9.17) is 5.11 Å². The predicted molar refractivity (Wildman–Crippen MR) is 63.2 cm³/mol. The fraction of sp³-hybridized carbons (Fsp3) is 0.0909. The molecule has 0 unspecified atom stereocenters. The van der Waals surface area contributed by atoms with Crippen molar-refractivity contribution in [1.82, 2.24) is 9.78 Å². The number of halogens is 4. The van der Waals surface area contributed by atoms with Gasteiger partial charge in [0.05, 0.1) is 11.3 Å². The van der Waals surface area contributed by atoms with Crippen molar-refractivity contribution >= 4 is 21.9 Å². The largest absolute Gasteiger partial charge is 0.478 e. The van der Waals surface area contributed by atoms with E-state index in [1.54, 1.807) is 0 Å². The number of carboxylic acid groups (broad SMARTS) is 1. The minimum absolute atomic E-state index is 0.0203. The highest BCUT2D eigenvalue weighted by Gasteiger charge is 2.33. The van der Waals surface area contributed by atoms with Gasteiger partial charge in [0.2, 0.25) is 0 Å². The van der Waals surface area contributed by atoms with Gasteiger partial charge in [-0.25, -0.2) is 9.48 Å². The molecule has 1 aromatic heterocycles. The molecular formula is C11H6BrF3N2O2. The van der Waals surface area contributed by atoms with E-state index < -0.39 is 17.8 Å². The van der Waals surface area contributed by atoms with Gasteiger partial charge >= 0.3 is 12.1 Å². The molecule has 4 nitrogen and oxygen atoms in total. The van der Waals surface area contributed by atoms with Crippen LogP contribution in [-0.2, 0) is 6.18 Å². The lowest BCUT2D eigenvalue weighted by Crippen LogP contribution is -2.07. The molecule has 100 valence electrons. The van der Waals surface area contributed by atoms with Crippen LogP contribution in [0.15, 0.2) is 34.9 Å². The van der Waals surface area contributed by atoms with Crippen molar-refractivity contribution in [1.29, 1.82) is 0 Å². The van der Waals surface area contributed by atoms with E-state index in [-0.39, 0.29) is 10.0 Å². The molecule has 0 saturated heterocycles. The van der Waals surface area contributed by atoms with Gasteiger partial charge in [0.25, 0.3) is 0 Å². The van der Waals surface area contributed by atoms with Crippen LogP contribution in [0.2, 0.25) is 0 Å². The Balaban J connectivity index is 2.40. The highest BCUT2D eigenvalue weighted by molar-refractivity contribution is 9.10. The van der Waals surface area contributed by atoms with Crippen LogP contribution in [-0.4, -0.2) is 20.9 Å². The second kappa shape index (κ2) is 4.69. The second-order valence-electron chi connectivity index (χ2n) is 3.61. The van der Waals surface area contributed by atoms with E-state index in [1.807, 2.05) is 0 Å². The van der Waals surface area contributed by atoms with Crippen LogP contribution in [0.5, 0.6) is 0 Å². The molecule has 0 amide bonds. The maximum atomic E-state index is 12.4. The van der Waals surface area contributed by atoms with Crippen LogP contribution in [0, 0.1) is 0 Å². The molecule has 0 atom stereocenters. The molecule has 0 saturated carbocycles.